The Labute approximate surface area is 133 Å². The highest BCUT2D eigenvalue weighted by atomic mass is 32.2. The summed E-state index contributed by atoms with van der Waals surface area (Å²) < 4.78 is 25.0. The van der Waals surface area contributed by atoms with Crippen LogP contribution in [0, 0.1) is 0 Å². The maximum Gasteiger partial charge on any atom is 0.238 e. The minimum Gasteiger partial charge on any atom is -0.352 e. The number of thiazole rings is 1. The summed E-state index contributed by atoms with van der Waals surface area (Å²) in [5.74, 6) is -0.445. The largest absolute Gasteiger partial charge is 0.352 e. The van der Waals surface area contributed by atoms with Crippen LogP contribution in [0.25, 0.3) is 11.3 Å². The summed E-state index contributed by atoms with van der Waals surface area (Å²) in [6.45, 7) is 1.41. The van der Waals surface area contributed by atoms with Crippen molar-refractivity contribution in [2.45, 2.75) is 35.4 Å². The molecule has 1 N–H and O–H groups in total. The van der Waals surface area contributed by atoms with Gasteiger partial charge in [0, 0.05) is 17.0 Å². The number of carbonyl (C=O) groups is 1. The first-order chi connectivity index (χ1) is 10.5. The van der Waals surface area contributed by atoms with E-state index >= 15 is 0 Å². The molecule has 0 bridgehead atoms. The minimum absolute atomic E-state index is 0.00944. The second-order valence-corrected chi connectivity index (χ2v) is 8.64. The molecule has 1 saturated carbocycles. The van der Waals surface area contributed by atoms with Crippen molar-refractivity contribution in [1.82, 2.24) is 10.3 Å². The summed E-state index contributed by atoms with van der Waals surface area (Å²) in [6, 6.07) is 9.51. The third kappa shape index (κ3) is 3.05. The Kier molecular flexibility index (Phi) is 4.01. The third-order valence-electron chi connectivity index (χ3n) is 3.55. The molecule has 0 aliphatic heterocycles. The van der Waals surface area contributed by atoms with Crippen LogP contribution in [0.2, 0.25) is 0 Å². The molecule has 0 unspecified atom stereocenters. The number of sulfone groups is 1. The van der Waals surface area contributed by atoms with Crippen molar-refractivity contribution in [2.75, 3.05) is 0 Å². The van der Waals surface area contributed by atoms with Crippen molar-refractivity contribution in [2.24, 2.45) is 0 Å². The molecule has 2 aromatic rings. The standard InChI is InChI=1S/C15H16N2O3S2/c1-10(14(18)16-12-7-8-12)22(19,20)15-17-13(9-21-15)11-5-3-2-4-6-11/h2-6,9-10,12H,7-8H2,1H3,(H,16,18)/t10-/m0/s1. The molecule has 5 nitrogen and oxygen atoms in total. The molecule has 22 heavy (non-hydrogen) atoms. The topological polar surface area (TPSA) is 76.1 Å². The molecule has 1 fully saturated rings. The van der Waals surface area contributed by atoms with Gasteiger partial charge in [-0.2, -0.15) is 0 Å². The van der Waals surface area contributed by atoms with E-state index in [0.717, 1.165) is 29.7 Å². The second-order valence-electron chi connectivity index (χ2n) is 5.33. The Bertz CT molecular complexity index is 780. The van der Waals surface area contributed by atoms with Crippen molar-refractivity contribution in [1.29, 1.82) is 0 Å². The van der Waals surface area contributed by atoms with Crippen LogP contribution < -0.4 is 5.32 Å². The number of amides is 1. The first-order valence-electron chi connectivity index (χ1n) is 7.03. The van der Waals surface area contributed by atoms with Gasteiger partial charge in [0.25, 0.3) is 0 Å². The second kappa shape index (κ2) is 5.81. The highest BCUT2D eigenvalue weighted by Crippen LogP contribution is 2.27. The summed E-state index contributed by atoms with van der Waals surface area (Å²) in [5, 5.41) is 3.31. The summed E-state index contributed by atoms with van der Waals surface area (Å²) in [6.07, 6.45) is 1.85. The van der Waals surface area contributed by atoms with Crippen molar-refractivity contribution >= 4 is 27.1 Å². The number of carbonyl (C=O) groups excluding carboxylic acids is 1. The van der Waals surface area contributed by atoms with Gasteiger partial charge in [0.05, 0.1) is 5.69 Å². The monoisotopic (exact) mass is 336 g/mol. The zero-order valence-corrected chi connectivity index (χ0v) is 13.7. The quantitative estimate of drug-likeness (QED) is 0.908. The summed E-state index contributed by atoms with van der Waals surface area (Å²) in [4.78, 5) is 16.2. The van der Waals surface area contributed by atoms with Crippen LogP contribution in [0.1, 0.15) is 19.8 Å². The van der Waals surface area contributed by atoms with Gasteiger partial charge in [-0.05, 0) is 19.8 Å². The fourth-order valence-electron chi connectivity index (χ4n) is 1.97. The van der Waals surface area contributed by atoms with E-state index < -0.39 is 21.0 Å². The molecule has 0 spiro atoms. The molecule has 1 heterocycles. The van der Waals surface area contributed by atoms with Crippen LogP contribution in [0.4, 0.5) is 0 Å². The Hall–Kier alpha value is -1.73. The smallest absolute Gasteiger partial charge is 0.238 e. The predicted molar refractivity (Wildman–Crippen MR) is 85.4 cm³/mol. The van der Waals surface area contributed by atoms with Gasteiger partial charge in [-0.25, -0.2) is 13.4 Å². The molecular formula is C15H16N2O3S2. The molecular weight excluding hydrogens is 320 g/mol. The van der Waals surface area contributed by atoms with E-state index in [4.69, 9.17) is 0 Å². The lowest BCUT2D eigenvalue weighted by Crippen LogP contribution is -2.38. The Morgan fingerprint density at radius 3 is 2.64 bits per heavy atom. The Morgan fingerprint density at radius 2 is 2.00 bits per heavy atom. The maximum absolute atomic E-state index is 12.5. The fraction of sp³-hybridized carbons (Fsp3) is 0.333. The SMILES string of the molecule is C[C@@H](C(=O)NC1CC1)S(=O)(=O)c1nc(-c2ccccc2)cs1. The van der Waals surface area contributed by atoms with Crippen molar-refractivity contribution in [3.63, 3.8) is 0 Å². The summed E-state index contributed by atoms with van der Waals surface area (Å²) in [7, 11) is -3.75. The predicted octanol–water partition coefficient (Wildman–Crippen LogP) is 2.25. The van der Waals surface area contributed by atoms with E-state index in [9.17, 15) is 13.2 Å². The van der Waals surface area contributed by atoms with E-state index in [1.807, 2.05) is 30.3 Å². The van der Waals surface area contributed by atoms with Gasteiger partial charge < -0.3 is 5.32 Å². The fourth-order valence-corrected chi connectivity index (χ4v) is 4.51. The van der Waals surface area contributed by atoms with Crippen LogP contribution in [0.15, 0.2) is 40.1 Å². The van der Waals surface area contributed by atoms with Crippen LogP contribution in [0.5, 0.6) is 0 Å². The maximum atomic E-state index is 12.5. The zero-order chi connectivity index (χ0) is 15.7. The molecule has 3 rings (SSSR count). The molecule has 1 aromatic carbocycles. The van der Waals surface area contributed by atoms with E-state index in [0.29, 0.717) is 5.69 Å². The van der Waals surface area contributed by atoms with Gasteiger partial charge in [-0.1, -0.05) is 30.3 Å². The average Bonchev–Trinajstić information content (AvgIpc) is 3.18. The highest BCUT2D eigenvalue weighted by Gasteiger charge is 2.35. The lowest BCUT2D eigenvalue weighted by Gasteiger charge is -2.10. The number of hydrogen-bond donors (Lipinski definition) is 1. The normalized spacial score (nSPS) is 16.2. The molecule has 7 heteroatoms. The van der Waals surface area contributed by atoms with Gasteiger partial charge in [0.1, 0.15) is 5.25 Å². The number of aromatic nitrogens is 1. The van der Waals surface area contributed by atoms with E-state index in [-0.39, 0.29) is 10.4 Å². The van der Waals surface area contributed by atoms with Gasteiger partial charge in [-0.15, -0.1) is 11.3 Å². The first-order valence-corrected chi connectivity index (χ1v) is 9.46. The van der Waals surface area contributed by atoms with Crippen LogP contribution in [-0.2, 0) is 14.6 Å². The van der Waals surface area contributed by atoms with E-state index in [1.165, 1.54) is 6.92 Å². The van der Waals surface area contributed by atoms with E-state index in [2.05, 4.69) is 10.3 Å². The number of benzene rings is 1. The van der Waals surface area contributed by atoms with Gasteiger partial charge >= 0.3 is 0 Å². The molecule has 0 radical (unpaired) electrons. The lowest BCUT2D eigenvalue weighted by molar-refractivity contribution is -0.120. The molecule has 1 amide bonds. The Morgan fingerprint density at radius 1 is 1.32 bits per heavy atom. The van der Waals surface area contributed by atoms with Crippen molar-refractivity contribution in [3.05, 3.63) is 35.7 Å². The van der Waals surface area contributed by atoms with Crippen LogP contribution >= 0.6 is 11.3 Å². The minimum atomic E-state index is -3.75. The van der Waals surface area contributed by atoms with Crippen molar-refractivity contribution in [3.8, 4) is 11.3 Å². The molecule has 116 valence electrons. The summed E-state index contributed by atoms with van der Waals surface area (Å²) in [5.41, 5.74) is 1.47. The van der Waals surface area contributed by atoms with Gasteiger partial charge in [0.2, 0.25) is 20.1 Å². The van der Waals surface area contributed by atoms with Crippen LogP contribution in [0.3, 0.4) is 0 Å². The first kappa shape index (κ1) is 15.2. The third-order valence-corrected chi connectivity index (χ3v) is 6.90. The number of hydrogen-bond acceptors (Lipinski definition) is 5. The summed E-state index contributed by atoms with van der Waals surface area (Å²) >= 11 is 1.05. The molecule has 1 atom stereocenters. The number of nitrogens with zero attached hydrogens (tertiary/aromatic N) is 1. The molecule has 0 saturated heterocycles. The van der Waals surface area contributed by atoms with Crippen LogP contribution in [-0.4, -0.2) is 30.6 Å². The number of nitrogens with one attached hydrogen (secondary N) is 1. The van der Waals surface area contributed by atoms with E-state index in [1.54, 1.807) is 5.38 Å². The Balaban J connectivity index is 1.83. The van der Waals surface area contributed by atoms with Crippen molar-refractivity contribution < 1.29 is 13.2 Å². The molecule has 1 aromatic heterocycles. The highest BCUT2D eigenvalue weighted by molar-refractivity contribution is 7.94. The number of rotatable bonds is 5. The lowest BCUT2D eigenvalue weighted by atomic mass is 10.2. The van der Waals surface area contributed by atoms with Gasteiger partial charge in [-0.3, -0.25) is 4.79 Å². The zero-order valence-electron chi connectivity index (χ0n) is 12.0. The molecule has 1 aliphatic rings. The average molecular weight is 336 g/mol. The molecule has 1 aliphatic carbocycles. The van der Waals surface area contributed by atoms with Gasteiger partial charge in [0.15, 0.2) is 0 Å².